The molecule has 1 atom stereocenters. The van der Waals surface area contributed by atoms with Crippen molar-refractivity contribution in [2.24, 2.45) is 0 Å². The van der Waals surface area contributed by atoms with Crippen molar-refractivity contribution in [3.63, 3.8) is 0 Å². The molecule has 16 heavy (non-hydrogen) atoms. The van der Waals surface area contributed by atoms with Crippen LogP contribution in [0.2, 0.25) is 0 Å². The molecule has 1 nitrogen and oxygen atoms in total. The minimum absolute atomic E-state index is 0.122. The summed E-state index contributed by atoms with van der Waals surface area (Å²) in [6.45, 7) is 2.02. The molecular formula is C14H13FO. The van der Waals surface area contributed by atoms with Crippen LogP contribution in [-0.2, 0) is 0 Å². The Morgan fingerprint density at radius 3 is 2.31 bits per heavy atom. The SMILES string of the molecule is CC(c1ccccc1)c1ccc(O)c(F)c1. The van der Waals surface area contributed by atoms with Gasteiger partial charge < -0.3 is 5.11 Å². The predicted octanol–water partition coefficient (Wildman–Crippen LogP) is 3.68. The average molecular weight is 216 g/mol. The number of aromatic hydroxyl groups is 1. The maximum atomic E-state index is 13.2. The highest BCUT2D eigenvalue weighted by Crippen LogP contribution is 2.26. The molecular weight excluding hydrogens is 203 g/mol. The zero-order chi connectivity index (χ0) is 11.5. The summed E-state index contributed by atoms with van der Waals surface area (Å²) in [5.74, 6) is -0.749. The van der Waals surface area contributed by atoms with E-state index in [9.17, 15) is 4.39 Å². The van der Waals surface area contributed by atoms with Crippen molar-refractivity contribution in [2.75, 3.05) is 0 Å². The van der Waals surface area contributed by atoms with Crippen molar-refractivity contribution in [3.8, 4) is 5.75 Å². The first kappa shape index (κ1) is 10.7. The summed E-state index contributed by atoms with van der Waals surface area (Å²) in [6, 6.07) is 14.4. The maximum Gasteiger partial charge on any atom is 0.165 e. The molecule has 0 bridgehead atoms. The van der Waals surface area contributed by atoms with Crippen molar-refractivity contribution in [3.05, 3.63) is 65.5 Å². The van der Waals surface area contributed by atoms with E-state index in [1.54, 1.807) is 6.07 Å². The molecule has 82 valence electrons. The molecule has 2 heteroatoms. The summed E-state index contributed by atoms with van der Waals surface area (Å²) in [5.41, 5.74) is 1.99. The second-order valence-electron chi connectivity index (χ2n) is 3.84. The zero-order valence-corrected chi connectivity index (χ0v) is 9.02. The molecule has 0 aliphatic heterocycles. The van der Waals surface area contributed by atoms with Gasteiger partial charge in [0.1, 0.15) is 0 Å². The topological polar surface area (TPSA) is 20.2 Å². The van der Waals surface area contributed by atoms with Gasteiger partial charge in [-0.25, -0.2) is 4.39 Å². The third-order valence-electron chi connectivity index (χ3n) is 2.77. The first-order chi connectivity index (χ1) is 7.68. The molecule has 0 saturated heterocycles. The quantitative estimate of drug-likeness (QED) is 0.811. The van der Waals surface area contributed by atoms with Crippen molar-refractivity contribution < 1.29 is 9.50 Å². The first-order valence-corrected chi connectivity index (χ1v) is 5.22. The van der Waals surface area contributed by atoms with Gasteiger partial charge in [-0.2, -0.15) is 0 Å². The number of hydrogen-bond acceptors (Lipinski definition) is 1. The van der Waals surface area contributed by atoms with Crippen LogP contribution in [0.5, 0.6) is 5.75 Å². The first-order valence-electron chi connectivity index (χ1n) is 5.22. The maximum absolute atomic E-state index is 13.2. The Morgan fingerprint density at radius 2 is 1.69 bits per heavy atom. The van der Waals surface area contributed by atoms with E-state index in [0.717, 1.165) is 11.1 Å². The molecule has 2 rings (SSSR count). The molecule has 0 saturated carbocycles. The molecule has 0 fully saturated rings. The van der Waals surface area contributed by atoms with Crippen molar-refractivity contribution in [1.82, 2.24) is 0 Å². The predicted molar refractivity (Wildman–Crippen MR) is 62.0 cm³/mol. The van der Waals surface area contributed by atoms with E-state index in [1.165, 1.54) is 12.1 Å². The van der Waals surface area contributed by atoms with Crippen LogP contribution in [-0.4, -0.2) is 5.11 Å². The second-order valence-corrected chi connectivity index (χ2v) is 3.84. The molecule has 0 radical (unpaired) electrons. The van der Waals surface area contributed by atoms with Crippen LogP contribution in [0.25, 0.3) is 0 Å². The van der Waals surface area contributed by atoms with Crippen LogP contribution < -0.4 is 0 Å². The molecule has 0 aromatic heterocycles. The second kappa shape index (κ2) is 4.35. The van der Waals surface area contributed by atoms with Crippen molar-refractivity contribution >= 4 is 0 Å². The molecule has 1 unspecified atom stereocenters. The van der Waals surface area contributed by atoms with E-state index >= 15 is 0 Å². The van der Waals surface area contributed by atoms with Crippen LogP contribution in [0.1, 0.15) is 24.0 Å². The molecule has 0 amide bonds. The molecule has 0 heterocycles. The van der Waals surface area contributed by atoms with E-state index in [2.05, 4.69) is 0 Å². The Hall–Kier alpha value is -1.83. The van der Waals surface area contributed by atoms with E-state index in [-0.39, 0.29) is 11.7 Å². The zero-order valence-electron chi connectivity index (χ0n) is 9.02. The Bertz CT molecular complexity index is 479. The minimum Gasteiger partial charge on any atom is -0.505 e. The summed E-state index contributed by atoms with van der Waals surface area (Å²) in [4.78, 5) is 0. The number of phenols is 1. The summed E-state index contributed by atoms with van der Waals surface area (Å²) in [5, 5.41) is 9.12. The molecule has 1 N–H and O–H groups in total. The molecule has 0 aliphatic rings. The normalized spacial score (nSPS) is 12.4. The Labute approximate surface area is 94.2 Å². The summed E-state index contributed by atoms with van der Waals surface area (Å²) < 4.78 is 13.2. The number of rotatable bonds is 2. The van der Waals surface area contributed by atoms with Gasteiger partial charge in [-0.15, -0.1) is 0 Å². The van der Waals surface area contributed by atoms with Gasteiger partial charge in [-0.05, 0) is 23.3 Å². The van der Waals surface area contributed by atoms with Crippen LogP contribution in [0.15, 0.2) is 48.5 Å². The summed E-state index contributed by atoms with van der Waals surface area (Å²) >= 11 is 0. The number of benzene rings is 2. The third kappa shape index (κ3) is 2.06. The summed E-state index contributed by atoms with van der Waals surface area (Å²) in [7, 11) is 0. The fourth-order valence-corrected chi connectivity index (χ4v) is 1.73. The molecule has 0 spiro atoms. The van der Waals surface area contributed by atoms with Crippen LogP contribution in [0.4, 0.5) is 4.39 Å². The van der Waals surface area contributed by atoms with Gasteiger partial charge in [0.25, 0.3) is 0 Å². The van der Waals surface area contributed by atoms with Gasteiger partial charge in [-0.3, -0.25) is 0 Å². The standard InChI is InChI=1S/C14H13FO/c1-10(11-5-3-2-4-6-11)12-7-8-14(16)13(15)9-12/h2-10,16H,1H3. The van der Waals surface area contributed by atoms with Gasteiger partial charge in [0.15, 0.2) is 11.6 Å². The number of phenolic OH excluding ortho intramolecular Hbond substituents is 1. The van der Waals surface area contributed by atoms with E-state index in [0.29, 0.717) is 0 Å². The highest BCUT2D eigenvalue weighted by atomic mass is 19.1. The fraction of sp³-hybridized carbons (Fsp3) is 0.143. The lowest BCUT2D eigenvalue weighted by Gasteiger charge is -2.12. The fourth-order valence-electron chi connectivity index (χ4n) is 1.73. The lowest BCUT2D eigenvalue weighted by molar-refractivity contribution is 0.431. The highest BCUT2D eigenvalue weighted by Gasteiger charge is 2.10. The number of halogens is 1. The molecule has 0 aliphatic carbocycles. The van der Waals surface area contributed by atoms with Crippen LogP contribution >= 0.6 is 0 Å². The van der Waals surface area contributed by atoms with E-state index in [4.69, 9.17) is 5.11 Å². The van der Waals surface area contributed by atoms with Gasteiger partial charge in [0.05, 0.1) is 0 Å². The van der Waals surface area contributed by atoms with Gasteiger partial charge >= 0.3 is 0 Å². The Balaban J connectivity index is 2.34. The molecule has 2 aromatic carbocycles. The highest BCUT2D eigenvalue weighted by molar-refractivity contribution is 5.35. The van der Waals surface area contributed by atoms with E-state index in [1.807, 2.05) is 37.3 Å². The monoisotopic (exact) mass is 216 g/mol. The van der Waals surface area contributed by atoms with Crippen molar-refractivity contribution in [2.45, 2.75) is 12.8 Å². The summed E-state index contributed by atoms with van der Waals surface area (Å²) in [6.07, 6.45) is 0. The van der Waals surface area contributed by atoms with Crippen molar-refractivity contribution in [1.29, 1.82) is 0 Å². The van der Waals surface area contributed by atoms with Crippen LogP contribution in [0.3, 0.4) is 0 Å². The van der Waals surface area contributed by atoms with Gasteiger partial charge in [0, 0.05) is 5.92 Å². The van der Waals surface area contributed by atoms with E-state index < -0.39 is 5.82 Å². The average Bonchev–Trinajstić information content (AvgIpc) is 2.33. The minimum atomic E-state index is -0.569. The lowest BCUT2D eigenvalue weighted by atomic mass is 9.93. The Kier molecular flexibility index (Phi) is 2.91. The molecule has 2 aromatic rings. The smallest absolute Gasteiger partial charge is 0.165 e. The Morgan fingerprint density at radius 1 is 1.00 bits per heavy atom. The lowest BCUT2D eigenvalue weighted by Crippen LogP contribution is -1.96. The number of hydrogen-bond donors (Lipinski definition) is 1. The van der Waals surface area contributed by atoms with Gasteiger partial charge in [-0.1, -0.05) is 43.3 Å². The van der Waals surface area contributed by atoms with Crippen LogP contribution in [0, 0.1) is 5.82 Å². The van der Waals surface area contributed by atoms with Gasteiger partial charge in [0.2, 0.25) is 0 Å². The third-order valence-corrected chi connectivity index (χ3v) is 2.77. The largest absolute Gasteiger partial charge is 0.505 e.